The van der Waals surface area contributed by atoms with Gasteiger partial charge in [0, 0.05) is 42.3 Å². The standard InChI is InChI=1S/C39H56FN9O13S/c40-12-4-7-29-24-49(48-47-29)25-34(51)41-14-16-60-18-20-62-22-21-61-19-17-59-15-11-33(50)43-28-6-3-5-27(23-28)32-26-63-39(46-32)42-13-2-1-8-30(36(54)55)44-38(58)45-31(37(56)57)9-10-35(52)53/h3,5-6,23-24,26,30-31H,1-2,4,7-22,25H2,(H,41,51)(H,42,46)(H,43,50)(H,52,53)(H,54,55)(H,56,57)(H2,44,45,58)/t30-,31+/m1/s1. The molecule has 2 aromatic heterocycles. The lowest BCUT2D eigenvalue weighted by Crippen LogP contribution is -2.51. The summed E-state index contributed by atoms with van der Waals surface area (Å²) in [5.41, 5.74) is 2.71. The molecule has 3 aromatic rings. The van der Waals surface area contributed by atoms with Gasteiger partial charge in [-0.25, -0.2) is 24.0 Å². The van der Waals surface area contributed by atoms with Crippen LogP contribution >= 0.6 is 11.3 Å². The Morgan fingerprint density at radius 2 is 1.44 bits per heavy atom. The van der Waals surface area contributed by atoms with Gasteiger partial charge in [-0.3, -0.25) is 18.8 Å². The van der Waals surface area contributed by atoms with Crippen LogP contribution < -0.4 is 26.6 Å². The van der Waals surface area contributed by atoms with Gasteiger partial charge in [-0.05, 0) is 50.7 Å². The number of thiazole rings is 1. The molecule has 22 nitrogen and oxygen atoms in total. The normalized spacial score (nSPS) is 12.0. The summed E-state index contributed by atoms with van der Waals surface area (Å²) >= 11 is 1.37. The molecule has 3 rings (SSSR count). The Morgan fingerprint density at radius 3 is 2.11 bits per heavy atom. The average Bonchev–Trinajstić information content (AvgIpc) is 3.92. The number of hydrogen-bond acceptors (Lipinski definition) is 15. The highest BCUT2D eigenvalue weighted by molar-refractivity contribution is 7.14. The molecule has 0 bridgehead atoms. The van der Waals surface area contributed by atoms with Gasteiger partial charge in [0.25, 0.3) is 0 Å². The van der Waals surface area contributed by atoms with Gasteiger partial charge in [-0.1, -0.05) is 17.3 Å². The third kappa shape index (κ3) is 22.7. The first-order valence-electron chi connectivity index (χ1n) is 20.3. The molecule has 0 radical (unpaired) electrons. The van der Waals surface area contributed by atoms with Crippen molar-refractivity contribution in [1.82, 2.24) is 35.9 Å². The lowest BCUT2D eigenvalue weighted by Gasteiger charge is -2.18. The number of carboxylic acids is 3. The summed E-state index contributed by atoms with van der Waals surface area (Å²) in [6.45, 7) is 3.01. The fourth-order valence-electron chi connectivity index (χ4n) is 5.45. The molecule has 8 N–H and O–H groups in total. The second-order valence-corrected chi connectivity index (χ2v) is 14.5. The van der Waals surface area contributed by atoms with Gasteiger partial charge in [0.15, 0.2) is 5.13 Å². The first-order chi connectivity index (χ1) is 30.4. The van der Waals surface area contributed by atoms with Crippen molar-refractivity contribution in [3.05, 3.63) is 41.5 Å². The van der Waals surface area contributed by atoms with Crippen LogP contribution in [0.1, 0.15) is 50.6 Å². The van der Waals surface area contributed by atoms with Crippen LogP contribution in [0, 0.1) is 0 Å². The molecule has 1 aromatic carbocycles. The Hall–Kier alpha value is -5.82. The van der Waals surface area contributed by atoms with Crippen LogP contribution in [-0.4, -0.2) is 156 Å². The van der Waals surface area contributed by atoms with E-state index in [1.165, 1.54) is 16.0 Å². The summed E-state index contributed by atoms with van der Waals surface area (Å²) in [5, 5.41) is 50.8. The number of nitrogens with zero attached hydrogens (tertiary/aromatic N) is 4. The molecule has 0 unspecified atom stereocenters. The van der Waals surface area contributed by atoms with Crippen molar-refractivity contribution < 1.29 is 67.4 Å². The number of alkyl halides is 1. The number of carbonyl (C=O) groups excluding carboxylic acids is 3. The number of carbonyl (C=O) groups is 6. The third-order valence-corrected chi connectivity index (χ3v) is 9.41. The van der Waals surface area contributed by atoms with Crippen molar-refractivity contribution in [2.75, 3.05) is 83.3 Å². The zero-order valence-corrected chi connectivity index (χ0v) is 35.6. The van der Waals surface area contributed by atoms with E-state index in [4.69, 9.17) is 24.1 Å². The summed E-state index contributed by atoms with van der Waals surface area (Å²) in [7, 11) is 0. The second-order valence-electron chi connectivity index (χ2n) is 13.7. The maximum atomic E-state index is 12.5. The molecule has 63 heavy (non-hydrogen) atoms. The highest BCUT2D eigenvalue weighted by Crippen LogP contribution is 2.27. The first kappa shape index (κ1) is 51.5. The number of aliphatic carboxylic acids is 3. The zero-order valence-electron chi connectivity index (χ0n) is 34.8. The van der Waals surface area contributed by atoms with Crippen LogP contribution in [0.25, 0.3) is 11.3 Å². The summed E-state index contributed by atoms with van der Waals surface area (Å²) in [5.74, 6) is -4.41. The molecule has 24 heteroatoms. The molecular weight excluding hydrogens is 854 g/mol. The summed E-state index contributed by atoms with van der Waals surface area (Å²) < 4.78 is 35.6. The summed E-state index contributed by atoms with van der Waals surface area (Å²) in [6, 6.07) is 3.45. The molecule has 0 aliphatic heterocycles. The van der Waals surface area contributed by atoms with Gasteiger partial charge >= 0.3 is 23.9 Å². The molecule has 0 spiro atoms. The fraction of sp³-hybridized carbons (Fsp3) is 0.564. The van der Waals surface area contributed by atoms with E-state index in [-0.39, 0.29) is 44.2 Å². The largest absolute Gasteiger partial charge is 0.481 e. The Balaban J connectivity index is 1.18. The Labute approximate surface area is 366 Å². The van der Waals surface area contributed by atoms with E-state index in [1.54, 1.807) is 24.4 Å². The zero-order chi connectivity index (χ0) is 45.7. The van der Waals surface area contributed by atoms with Gasteiger partial charge in [-0.15, -0.1) is 16.4 Å². The van der Waals surface area contributed by atoms with E-state index < -0.39 is 49.1 Å². The quantitative estimate of drug-likeness (QED) is 0.0392. The van der Waals surface area contributed by atoms with Crippen LogP contribution in [-0.2, 0) is 55.9 Å². The first-order valence-corrected chi connectivity index (χ1v) is 21.2. The number of hydrogen-bond donors (Lipinski definition) is 8. The van der Waals surface area contributed by atoms with Crippen molar-refractivity contribution in [3.63, 3.8) is 0 Å². The van der Waals surface area contributed by atoms with Gasteiger partial charge in [0.2, 0.25) is 11.8 Å². The average molecular weight is 910 g/mol. The molecular formula is C39H56FN9O13S. The molecule has 4 amide bonds. The van der Waals surface area contributed by atoms with E-state index in [0.29, 0.717) is 107 Å². The number of urea groups is 1. The summed E-state index contributed by atoms with van der Waals surface area (Å²) in [6.07, 6.45) is 2.80. The number of rotatable bonds is 35. The lowest BCUT2D eigenvalue weighted by molar-refractivity contribution is -0.141. The fourth-order valence-corrected chi connectivity index (χ4v) is 6.20. The second kappa shape index (κ2) is 30.3. The molecule has 2 heterocycles. The SMILES string of the molecule is O=C(O)CC[C@H](NC(=O)N[C@H](CCCCNc1nc(-c2cccc(NC(=O)CCOCCOCCOCCOCCNC(=O)Cn3cc(CCCF)nn3)c2)cs1)C(=O)O)C(=O)O. The van der Waals surface area contributed by atoms with Crippen molar-refractivity contribution >= 4 is 57.9 Å². The number of nitrogens with one attached hydrogen (secondary N) is 5. The summed E-state index contributed by atoms with van der Waals surface area (Å²) in [4.78, 5) is 75.0. The Kier molecular flexibility index (Phi) is 24.8. The van der Waals surface area contributed by atoms with Gasteiger partial charge in [-0.2, -0.15) is 0 Å². The number of amides is 4. The van der Waals surface area contributed by atoms with Crippen LogP contribution in [0.4, 0.5) is 20.0 Å². The van der Waals surface area contributed by atoms with Crippen LogP contribution in [0.15, 0.2) is 35.8 Å². The Morgan fingerprint density at radius 1 is 0.778 bits per heavy atom. The van der Waals surface area contributed by atoms with Crippen molar-refractivity contribution in [2.24, 2.45) is 0 Å². The number of halogens is 1. The number of aryl methyl sites for hydroxylation is 1. The van der Waals surface area contributed by atoms with Crippen LogP contribution in [0.3, 0.4) is 0 Å². The number of ether oxygens (including phenoxy) is 4. The molecule has 0 saturated heterocycles. The van der Waals surface area contributed by atoms with E-state index in [2.05, 4.69) is 41.9 Å². The molecule has 2 atom stereocenters. The number of carboxylic acid groups (broad SMARTS) is 3. The monoisotopic (exact) mass is 909 g/mol. The van der Waals surface area contributed by atoms with E-state index in [9.17, 15) is 43.4 Å². The third-order valence-electron chi connectivity index (χ3n) is 8.61. The van der Waals surface area contributed by atoms with E-state index in [1.807, 2.05) is 11.4 Å². The number of aromatic nitrogens is 4. The highest BCUT2D eigenvalue weighted by atomic mass is 32.1. The molecule has 0 fully saturated rings. The smallest absolute Gasteiger partial charge is 0.326 e. The minimum atomic E-state index is -1.48. The minimum absolute atomic E-state index is 0.0206. The van der Waals surface area contributed by atoms with Gasteiger partial charge in [0.05, 0.1) is 77.3 Å². The lowest BCUT2D eigenvalue weighted by atomic mass is 10.1. The molecule has 0 aliphatic carbocycles. The molecule has 348 valence electrons. The van der Waals surface area contributed by atoms with E-state index in [0.717, 1.165) is 5.56 Å². The van der Waals surface area contributed by atoms with Crippen molar-refractivity contribution in [2.45, 2.75) is 70.0 Å². The number of anilines is 2. The van der Waals surface area contributed by atoms with Gasteiger partial charge < -0.3 is 60.9 Å². The van der Waals surface area contributed by atoms with E-state index >= 15 is 0 Å². The number of benzene rings is 1. The highest BCUT2D eigenvalue weighted by Gasteiger charge is 2.25. The van der Waals surface area contributed by atoms with Crippen LogP contribution in [0.2, 0.25) is 0 Å². The molecule has 0 saturated carbocycles. The predicted molar refractivity (Wildman–Crippen MR) is 225 cm³/mol. The van der Waals surface area contributed by atoms with Crippen LogP contribution in [0.5, 0.6) is 0 Å². The maximum Gasteiger partial charge on any atom is 0.326 e. The van der Waals surface area contributed by atoms with Crippen molar-refractivity contribution in [1.29, 1.82) is 0 Å². The topological polar surface area (TPSA) is 304 Å². The maximum absolute atomic E-state index is 12.5. The van der Waals surface area contributed by atoms with Gasteiger partial charge in [0.1, 0.15) is 18.6 Å². The Bertz CT molecular complexity index is 1870. The van der Waals surface area contributed by atoms with Crippen molar-refractivity contribution in [3.8, 4) is 11.3 Å². The minimum Gasteiger partial charge on any atom is -0.481 e. The number of unbranched alkanes of at least 4 members (excludes halogenated alkanes) is 1. The molecule has 0 aliphatic rings. The predicted octanol–water partition coefficient (Wildman–Crippen LogP) is 2.17.